The molecule has 1 atom stereocenters. The second kappa shape index (κ2) is 7.08. The van der Waals surface area contributed by atoms with E-state index in [1.54, 1.807) is 11.1 Å². The van der Waals surface area contributed by atoms with Gasteiger partial charge < -0.3 is 10.0 Å². The summed E-state index contributed by atoms with van der Waals surface area (Å²) in [5.74, 6) is 0. The lowest BCUT2D eigenvalue weighted by atomic mass is 10.0. The third-order valence-corrected chi connectivity index (χ3v) is 4.67. The van der Waals surface area contributed by atoms with Crippen LogP contribution < -0.4 is 0 Å². The Hall–Kier alpha value is -1.64. The number of aliphatic hydroxyl groups excluding tert-OH is 1. The molecular formula is C20H25NO. The molecule has 0 radical (unpaired) electrons. The van der Waals surface area contributed by atoms with Crippen LogP contribution in [-0.4, -0.2) is 30.1 Å². The van der Waals surface area contributed by atoms with Crippen molar-refractivity contribution in [2.24, 2.45) is 0 Å². The van der Waals surface area contributed by atoms with Crippen molar-refractivity contribution < 1.29 is 5.11 Å². The van der Waals surface area contributed by atoms with Crippen LogP contribution in [0.3, 0.4) is 0 Å². The summed E-state index contributed by atoms with van der Waals surface area (Å²) in [7, 11) is 2.09. The van der Waals surface area contributed by atoms with E-state index in [9.17, 15) is 5.11 Å². The Morgan fingerprint density at radius 3 is 2.68 bits per heavy atom. The van der Waals surface area contributed by atoms with Gasteiger partial charge in [0.25, 0.3) is 0 Å². The van der Waals surface area contributed by atoms with E-state index in [-0.39, 0.29) is 0 Å². The predicted molar refractivity (Wildman–Crippen MR) is 91.1 cm³/mol. The average Bonchev–Trinajstić information content (AvgIpc) is 3.03. The Bertz CT molecular complexity index is 608. The molecule has 2 aromatic rings. The molecule has 0 spiro atoms. The van der Waals surface area contributed by atoms with Gasteiger partial charge in [-0.1, -0.05) is 48.5 Å². The summed E-state index contributed by atoms with van der Waals surface area (Å²) < 4.78 is 0. The van der Waals surface area contributed by atoms with Crippen molar-refractivity contribution in [3.63, 3.8) is 0 Å². The van der Waals surface area contributed by atoms with Crippen molar-refractivity contribution >= 4 is 0 Å². The molecule has 2 heteroatoms. The van der Waals surface area contributed by atoms with Gasteiger partial charge in [-0.2, -0.15) is 0 Å². The Balaban J connectivity index is 1.55. The van der Waals surface area contributed by atoms with Crippen molar-refractivity contribution in [3.05, 3.63) is 70.8 Å². The van der Waals surface area contributed by atoms with Crippen molar-refractivity contribution in [2.45, 2.75) is 31.8 Å². The molecule has 0 heterocycles. The van der Waals surface area contributed by atoms with Crippen LogP contribution in [0.1, 0.15) is 34.8 Å². The molecule has 1 aliphatic rings. The van der Waals surface area contributed by atoms with Crippen LogP contribution in [-0.2, 0) is 19.3 Å². The summed E-state index contributed by atoms with van der Waals surface area (Å²) >= 11 is 0. The third-order valence-electron chi connectivity index (χ3n) is 4.67. The molecule has 1 N–H and O–H groups in total. The molecule has 116 valence electrons. The molecule has 3 rings (SSSR count). The van der Waals surface area contributed by atoms with Crippen LogP contribution in [0.4, 0.5) is 0 Å². The van der Waals surface area contributed by atoms with E-state index in [4.69, 9.17) is 0 Å². The molecule has 2 nitrogen and oxygen atoms in total. The quantitative estimate of drug-likeness (QED) is 0.883. The summed E-state index contributed by atoms with van der Waals surface area (Å²) in [6.45, 7) is 1.67. The topological polar surface area (TPSA) is 23.5 Å². The maximum Gasteiger partial charge on any atom is 0.0916 e. The zero-order valence-corrected chi connectivity index (χ0v) is 13.3. The summed E-state index contributed by atoms with van der Waals surface area (Å²) in [5, 5.41) is 10.3. The highest BCUT2D eigenvalue weighted by molar-refractivity contribution is 5.38. The fraction of sp³-hybridized carbons (Fsp3) is 0.400. The van der Waals surface area contributed by atoms with E-state index in [0.29, 0.717) is 6.54 Å². The summed E-state index contributed by atoms with van der Waals surface area (Å²) in [6.07, 6.45) is 4.44. The van der Waals surface area contributed by atoms with Crippen LogP contribution in [0.5, 0.6) is 0 Å². The zero-order valence-electron chi connectivity index (χ0n) is 13.3. The average molecular weight is 295 g/mol. The molecule has 22 heavy (non-hydrogen) atoms. The summed E-state index contributed by atoms with van der Waals surface area (Å²) in [5.41, 5.74) is 5.62. The first kappa shape index (κ1) is 15.3. The normalized spacial score (nSPS) is 15.0. The van der Waals surface area contributed by atoms with Crippen molar-refractivity contribution in [1.29, 1.82) is 0 Å². The van der Waals surface area contributed by atoms with Gasteiger partial charge in [0.1, 0.15) is 0 Å². The number of fused-ring (bicyclic) bond motifs is 1. The van der Waals surface area contributed by atoms with Gasteiger partial charge in [0.15, 0.2) is 0 Å². The zero-order chi connectivity index (χ0) is 15.4. The molecule has 1 aliphatic carbocycles. The molecule has 0 amide bonds. The van der Waals surface area contributed by atoms with Crippen LogP contribution in [0.2, 0.25) is 0 Å². The van der Waals surface area contributed by atoms with Gasteiger partial charge in [-0.05, 0) is 55.0 Å². The lowest BCUT2D eigenvalue weighted by molar-refractivity contribution is 0.127. The predicted octanol–water partition coefficient (Wildman–Crippen LogP) is 3.38. The number of aryl methyl sites for hydroxylation is 1. The van der Waals surface area contributed by atoms with E-state index in [1.165, 1.54) is 24.8 Å². The first-order valence-electron chi connectivity index (χ1n) is 8.25. The van der Waals surface area contributed by atoms with E-state index >= 15 is 0 Å². The number of nitrogens with zero attached hydrogens (tertiary/aromatic N) is 1. The molecular weight excluding hydrogens is 270 g/mol. The second-order valence-corrected chi connectivity index (χ2v) is 6.35. The number of benzene rings is 2. The Kier molecular flexibility index (Phi) is 4.91. The lowest BCUT2D eigenvalue weighted by Crippen LogP contribution is -2.27. The van der Waals surface area contributed by atoms with Crippen molar-refractivity contribution in [2.75, 3.05) is 20.1 Å². The highest BCUT2D eigenvalue weighted by Gasteiger charge is 2.15. The van der Waals surface area contributed by atoms with Crippen LogP contribution in [0.25, 0.3) is 0 Å². The number of aliphatic hydroxyl groups is 1. The maximum atomic E-state index is 10.3. The fourth-order valence-corrected chi connectivity index (χ4v) is 3.41. The largest absolute Gasteiger partial charge is 0.387 e. The minimum atomic E-state index is -0.410. The summed E-state index contributed by atoms with van der Waals surface area (Å²) in [6, 6.07) is 16.7. The smallest absolute Gasteiger partial charge is 0.0916 e. The van der Waals surface area contributed by atoms with E-state index in [1.807, 2.05) is 30.3 Å². The van der Waals surface area contributed by atoms with E-state index in [0.717, 1.165) is 18.5 Å². The maximum absolute atomic E-state index is 10.3. The Morgan fingerprint density at radius 1 is 1.05 bits per heavy atom. The first-order valence-corrected chi connectivity index (χ1v) is 8.25. The lowest BCUT2D eigenvalue weighted by Gasteiger charge is -2.21. The van der Waals surface area contributed by atoms with Crippen molar-refractivity contribution in [3.8, 4) is 0 Å². The molecule has 0 fully saturated rings. The second-order valence-electron chi connectivity index (χ2n) is 6.35. The highest BCUT2D eigenvalue weighted by Crippen LogP contribution is 2.25. The third kappa shape index (κ3) is 3.57. The number of hydrogen-bond donors (Lipinski definition) is 1. The molecule has 0 aromatic heterocycles. The SMILES string of the molecule is CN(CCc1cccc2c1CCC2)CC(O)c1ccccc1. The molecule has 0 bridgehead atoms. The van der Waals surface area contributed by atoms with Gasteiger partial charge in [0, 0.05) is 13.1 Å². The molecule has 0 saturated heterocycles. The van der Waals surface area contributed by atoms with Gasteiger partial charge in [0.2, 0.25) is 0 Å². The first-order chi connectivity index (χ1) is 10.7. The summed E-state index contributed by atoms with van der Waals surface area (Å²) in [4.78, 5) is 2.23. The molecule has 2 aromatic carbocycles. The van der Waals surface area contributed by atoms with Gasteiger partial charge in [-0.25, -0.2) is 0 Å². The number of hydrogen-bond acceptors (Lipinski definition) is 2. The van der Waals surface area contributed by atoms with Crippen LogP contribution in [0.15, 0.2) is 48.5 Å². The minimum absolute atomic E-state index is 0.410. The number of rotatable bonds is 6. The minimum Gasteiger partial charge on any atom is -0.387 e. The molecule has 1 unspecified atom stereocenters. The van der Waals surface area contributed by atoms with E-state index in [2.05, 4.69) is 30.1 Å². The fourth-order valence-electron chi connectivity index (χ4n) is 3.41. The van der Waals surface area contributed by atoms with E-state index < -0.39 is 6.10 Å². The molecule has 0 aliphatic heterocycles. The highest BCUT2D eigenvalue weighted by atomic mass is 16.3. The van der Waals surface area contributed by atoms with Crippen molar-refractivity contribution in [1.82, 2.24) is 4.90 Å². The van der Waals surface area contributed by atoms with Gasteiger partial charge in [0.05, 0.1) is 6.10 Å². The van der Waals surface area contributed by atoms with Gasteiger partial charge in [-0.3, -0.25) is 0 Å². The number of likely N-dealkylation sites (N-methyl/N-ethyl adjacent to an activating group) is 1. The van der Waals surface area contributed by atoms with Crippen LogP contribution in [0, 0.1) is 0 Å². The molecule has 0 saturated carbocycles. The standard InChI is InChI=1S/C20H25NO/c1-21(15-20(22)18-7-3-2-4-8-18)14-13-17-10-5-9-16-11-6-12-19(16)17/h2-5,7-10,20,22H,6,11-15H2,1H3. The van der Waals surface area contributed by atoms with Gasteiger partial charge >= 0.3 is 0 Å². The Labute approximate surface area is 133 Å². The monoisotopic (exact) mass is 295 g/mol. The Morgan fingerprint density at radius 2 is 1.86 bits per heavy atom. The van der Waals surface area contributed by atoms with Crippen LogP contribution >= 0.6 is 0 Å². The van der Waals surface area contributed by atoms with Gasteiger partial charge in [-0.15, -0.1) is 0 Å².